The molecule has 1 heterocycles. The molecule has 1 aromatic carbocycles. The van der Waals surface area contributed by atoms with Gasteiger partial charge >= 0.3 is 0 Å². The van der Waals surface area contributed by atoms with Gasteiger partial charge in [-0.2, -0.15) is 0 Å². The van der Waals surface area contributed by atoms with Crippen LogP contribution in [0, 0.1) is 5.82 Å². The SMILES string of the molecule is NC(CCc1ccncc1)Cc1c(F)cccc1Cl. The number of pyridine rings is 1. The zero-order valence-electron chi connectivity index (χ0n) is 10.5. The molecule has 2 rings (SSSR count). The van der Waals surface area contributed by atoms with E-state index in [4.69, 9.17) is 17.3 Å². The molecular formula is C15H16ClFN2. The van der Waals surface area contributed by atoms with E-state index in [1.54, 1.807) is 24.5 Å². The summed E-state index contributed by atoms with van der Waals surface area (Å²) in [4.78, 5) is 3.97. The molecule has 0 aliphatic heterocycles. The molecule has 0 bridgehead atoms. The first-order chi connectivity index (χ1) is 9.16. The first kappa shape index (κ1) is 14.0. The third kappa shape index (κ3) is 4.01. The zero-order chi connectivity index (χ0) is 13.7. The number of benzene rings is 1. The summed E-state index contributed by atoms with van der Waals surface area (Å²) in [6, 6.07) is 8.52. The monoisotopic (exact) mass is 278 g/mol. The third-order valence-electron chi connectivity index (χ3n) is 3.08. The van der Waals surface area contributed by atoms with Crippen LogP contribution in [0.5, 0.6) is 0 Å². The molecule has 1 atom stereocenters. The Kier molecular flexibility index (Phi) is 4.88. The first-order valence-corrected chi connectivity index (χ1v) is 6.62. The van der Waals surface area contributed by atoms with Crippen LogP contribution in [-0.4, -0.2) is 11.0 Å². The van der Waals surface area contributed by atoms with Gasteiger partial charge < -0.3 is 5.73 Å². The van der Waals surface area contributed by atoms with Crippen LogP contribution in [-0.2, 0) is 12.8 Å². The number of aromatic nitrogens is 1. The van der Waals surface area contributed by atoms with Crippen molar-refractivity contribution in [1.82, 2.24) is 4.98 Å². The molecule has 0 radical (unpaired) electrons. The zero-order valence-corrected chi connectivity index (χ0v) is 11.3. The van der Waals surface area contributed by atoms with Crippen molar-refractivity contribution in [3.05, 3.63) is 64.7 Å². The van der Waals surface area contributed by atoms with Gasteiger partial charge in [-0.1, -0.05) is 17.7 Å². The summed E-state index contributed by atoms with van der Waals surface area (Å²) >= 11 is 5.99. The molecule has 0 amide bonds. The predicted octanol–water partition coefficient (Wildman–Crippen LogP) is 3.38. The number of rotatable bonds is 5. The van der Waals surface area contributed by atoms with E-state index in [2.05, 4.69) is 4.98 Å². The molecule has 0 saturated carbocycles. The van der Waals surface area contributed by atoms with E-state index in [9.17, 15) is 4.39 Å². The van der Waals surface area contributed by atoms with Crippen LogP contribution in [0.3, 0.4) is 0 Å². The van der Waals surface area contributed by atoms with Gasteiger partial charge in [-0.25, -0.2) is 4.39 Å². The van der Waals surface area contributed by atoms with Crippen molar-refractivity contribution in [3.63, 3.8) is 0 Å². The molecule has 100 valence electrons. The van der Waals surface area contributed by atoms with Crippen molar-refractivity contribution in [2.75, 3.05) is 0 Å². The predicted molar refractivity (Wildman–Crippen MR) is 75.6 cm³/mol. The van der Waals surface area contributed by atoms with Gasteiger partial charge in [0.2, 0.25) is 0 Å². The second-order valence-corrected chi connectivity index (χ2v) is 4.97. The van der Waals surface area contributed by atoms with E-state index in [1.807, 2.05) is 12.1 Å². The van der Waals surface area contributed by atoms with Crippen LogP contribution < -0.4 is 5.73 Å². The maximum absolute atomic E-state index is 13.6. The fourth-order valence-electron chi connectivity index (χ4n) is 1.99. The Balaban J connectivity index is 1.93. The summed E-state index contributed by atoms with van der Waals surface area (Å²) in [6.45, 7) is 0. The Labute approximate surface area is 117 Å². The summed E-state index contributed by atoms with van der Waals surface area (Å²) in [6.07, 6.45) is 5.62. The average molecular weight is 279 g/mol. The van der Waals surface area contributed by atoms with Crippen molar-refractivity contribution in [1.29, 1.82) is 0 Å². The van der Waals surface area contributed by atoms with Crippen LogP contribution in [0.4, 0.5) is 4.39 Å². The van der Waals surface area contributed by atoms with Gasteiger partial charge in [0, 0.05) is 29.0 Å². The summed E-state index contributed by atoms with van der Waals surface area (Å²) in [7, 11) is 0. The number of nitrogens with zero attached hydrogens (tertiary/aromatic N) is 1. The van der Waals surface area contributed by atoms with Gasteiger partial charge in [-0.3, -0.25) is 4.98 Å². The Morgan fingerprint density at radius 1 is 1.21 bits per heavy atom. The molecule has 1 unspecified atom stereocenters. The fourth-order valence-corrected chi connectivity index (χ4v) is 2.23. The number of aryl methyl sites for hydroxylation is 1. The van der Waals surface area contributed by atoms with Crippen LogP contribution in [0.1, 0.15) is 17.5 Å². The van der Waals surface area contributed by atoms with E-state index >= 15 is 0 Å². The molecule has 1 aromatic heterocycles. The summed E-state index contributed by atoms with van der Waals surface area (Å²) in [5, 5.41) is 0.444. The van der Waals surface area contributed by atoms with Crippen molar-refractivity contribution >= 4 is 11.6 Å². The highest BCUT2D eigenvalue weighted by Crippen LogP contribution is 2.21. The smallest absolute Gasteiger partial charge is 0.127 e. The van der Waals surface area contributed by atoms with E-state index in [-0.39, 0.29) is 11.9 Å². The van der Waals surface area contributed by atoms with Crippen molar-refractivity contribution < 1.29 is 4.39 Å². The summed E-state index contributed by atoms with van der Waals surface area (Å²) in [5.74, 6) is -0.285. The average Bonchev–Trinajstić information content (AvgIpc) is 2.42. The van der Waals surface area contributed by atoms with Gasteiger partial charge in [0.15, 0.2) is 0 Å². The summed E-state index contributed by atoms with van der Waals surface area (Å²) < 4.78 is 13.6. The molecule has 0 saturated heterocycles. The van der Waals surface area contributed by atoms with Gasteiger partial charge in [0.05, 0.1) is 0 Å². The minimum atomic E-state index is -0.285. The maximum Gasteiger partial charge on any atom is 0.127 e. The Bertz CT molecular complexity index is 511. The van der Waals surface area contributed by atoms with Gasteiger partial charge in [0.25, 0.3) is 0 Å². The number of hydrogen-bond donors (Lipinski definition) is 1. The highest BCUT2D eigenvalue weighted by Gasteiger charge is 2.11. The number of nitrogens with two attached hydrogens (primary N) is 1. The van der Waals surface area contributed by atoms with E-state index in [1.165, 1.54) is 11.6 Å². The Hall–Kier alpha value is -1.45. The molecule has 2 aromatic rings. The van der Waals surface area contributed by atoms with Gasteiger partial charge in [-0.05, 0) is 49.1 Å². The minimum Gasteiger partial charge on any atom is -0.327 e. The highest BCUT2D eigenvalue weighted by atomic mass is 35.5. The van der Waals surface area contributed by atoms with Crippen LogP contribution in [0.25, 0.3) is 0 Å². The molecule has 2 nitrogen and oxygen atoms in total. The Morgan fingerprint density at radius 2 is 1.95 bits per heavy atom. The van der Waals surface area contributed by atoms with Crippen LogP contribution in [0.15, 0.2) is 42.7 Å². The van der Waals surface area contributed by atoms with Gasteiger partial charge in [0.1, 0.15) is 5.82 Å². The molecular weight excluding hydrogens is 263 g/mol. The van der Waals surface area contributed by atoms with Crippen LogP contribution in [0.2, 0.25) is 5.02 Å². The molecule has 0 fully saturated rings. The maximum atomic E-state index is 13.6. The molecule has 0 aliphatic rings. The fraction of sp³-hybridized carbons (Fsp3) is 0.267. The third-order valence-corrected chi connectivity index (χ3v) is 3.44. The standard InChI is InChI=1S/C15H16ClFN2/c16-14-2-1-3-15(17)13(14)10-12(18)5-4-11-6-8-19-9-7-11/h1-3,6-9,12H,4-5,10,18H2. The van der Waals surface area contributed by atoms with E-state index in [0.29, 0.717) is 17.0 Å². The lowest BCUT2D eigenvalue weighted by Gasteiger charge is -2.13. The highest BCUT2D eigenvalue weighted by molar-refractivity contribution is 6.31. The quantitative estimate of drug-likeness (QED) is 0.911. The van der Waals surface area contributed by atoms with E-state index in [0.717, 1.165) is 12.8 Å². The van der Waals surface area contributed by atoms with Crippen molar-refractivity contribution in [3.8, 4) is 0 Å². The molecule has 2 N–H and O–H groups in total. The normalized spacial score (nSPS) is 12.4. The number of hydrogen-bond acceptors (Lipinski definition) is 2. The second kappa shape index (κ2) is 6.64. The Morgan fingerprint density at radius 3 is 2.63 bits per heavy atom. The lowest BCUT2D eigenvalue weighted by Crippen LogP contribution is -2.24. The minimum absolute atomic E-state index is 0.109. The largest absolute Gasteiger partial charge is 0.327 e. The summed E-state index contributed by atoms with van der Waals surface area (Å²) in [5.41, 5.74) is 7.74. The molecule has 4 heteroatoms. The molecule has 0 spiro atoms. The van der Waals surface area contributed by atoms with Gasteiger partial charge in [-0.15, -0.1) is 0 Å². The second-order valence-electron chi connectivity index (χ2n) is 4.56. The van der Waals surface area contributed by atoms with E-state index < -0.39 is 0 Å². The molecule has 19 heavy (non-hydrogen) atoms. The first-order valence-electron chi connectivity index (χ1n) is 6.24. The van der Waals surface area contributed by atoms with Crippen molar-refractivity contribution in [2.45, 2.75) is 25.3 Å². The lowest BCUT2D eigenvalue weighted by molar-refractivity contribution is 0.566. The van der Waals surface area contributed by atoms with Crippen LogP contribution >= 0.6 is 11.6 Å². The van der Waals surface area contributed by atoms with Crippen molar-refractivity contribution in [2.24, 2.45) is 5.73 Å². The topological polar surface area (TPSA) is 38.9 Å². The molecule has 0 aliphatic carbocycles. The lowest BCUT2D eigenvalue weighted by atomic mass is 10.00. The number of halogens is 2.